The van der Waals surface area contributed by atoms with Gasteiger partial charge in [-0.2, -0.15) is 0 Å². The zero-order chi connectivity index (χ0) is 12.1. The molecule has 0 saturated heterocycles. The molecule has 92 valence electrons. The van der Waals surface area contributed by atoms with Crippen molar-refractivity contribution in [1.29, 1.82) is 0 Å². The molecule has 1 aliphatic carbocycles. The van der Waals surface area contributed by atoms with Gasteiger partial charge in [0.2, 0.25) is 0 Å². The average Bonchev–Trinajstić information content (AvgIpc) is 3.03. The molecule has 0 nitrogen and oxygen atoms in total. The van der Waals surface area contributed by atoms with Crippen LogP contribution in [0.15, 0.2) is 24.3 Å². The van der Waals surface area contributed by atoms with Gasteiger partial charge in [0, 0.05) is 19.7 Å². The normalized spacial score (nSPS) is 17.2. The smallest absolute Gasteiger partial charge is 0.0532 e. The maximum absolute atomic E-state index is 2.47. The van der Waals surface area contributed by atoms with Crippen LogP contribution in [-0.2, 0) is 0 Å². The third-order valence-electron chi connectivity index (χ3n) is 4.12. The molecule has 1 fully saturated rings. The Hall–Kier alpha value is -0.860. The number of benzene rings is 1. The summed E-state index contributed by atoms with van der Waals surface area (Å²) in [7, 11) is 0. The van der Waals surface area contributed by atoms with Crippen molar-refractivity contribution in [2.45, 2.75) is 38.5 Å². The lowest BCUT2D eigenvalue weighted by molar-refractivity contribution is 0.724. The second-order valence-electron chi connectivity index (χ2n) is 5.39. The highest BCUT2D eigenvalue weighted by Crippen LogP contribution is 2.42. The Kier molecular flexibility index (Phi) is 2.49. The molecule has 3 aromatic rings. The third kappa shape index (κ3) is 1.63. The Balaban J connectivity index is 1.93. The molecular weight excluding hydrogens is 256 g/mol. The van der Waals surface area contributed by atoms with Gasteiger partial charge in [0.1, 0.15) is 0 Å². The quantitative estimate of drug-likeness (QED) is 0.503. The van der Waals surface area contributed by atoms with Gasteiger partial charge < -0.3 is 0 Å². The first-order valence-electron chi connectivity index (χ1n) is 6.74. The summed E-state index contributed by atoms with van der Waals surface area (Å²) in [6.45, 7) is 2.21. The maximum atomic E-state index is 2.47. The fourth-order valence-electron chi connectivity index (χ4n) is 3.20. The van der Waals surface area contributed by atoms with Crippen molar-refractivity contribution in [2.75, 3.05) is 0 Å². The van der Waals surface area contributed by atoms with Crippen molar-refractivity contribution in [3.05, 3.63) is 34.7 Å². The largest absolute Gasteiger partial charge is 0.139 e. The first-order chi connectivity index (χ1) is 8.81. The summed E-state index contributed by atoms with van der Waals surface area (Å²) in [5.74, 6) is 0.824. The lowest BCUT2D eigenvalue weighted by atomic mass is 9.97. The van der Waals surface area contributed by atoms with Crippen molar-refractivity contribution in [1.82, 2.24) is 0 Å². The van der Waals surface area contributed by atoms with Gasteiger partial charge >= 0.3 is 0 Å². The van der Waals surface area contributed by atoms with Crippen LogP contribution >= 0.6 is 22.7 Å². The number of hydrogen-bond acceptors (Lipinski definition) is 2. The van der Waals surface area contributed by atoms with Gasteiger partial charge in [-0.05, 0) is 49.4 Å². The van der Waals surface area contributed by atoms with Crippen LogP contribution in [0, 0.1) is 6.92 Å². The molecule has 1 aromatic carbocycles. The Morgan fingerprint density at radius 3 is 2.67 bits per heavy atom. The van der Waals surface area contributed by atoms with E-state index < -0.39 is 0 Å². The molecule has 18 heavy (non-hydrogen) atoms. The molecule has 4 rings (SSSR count). The second kappa shape index (κ2) is 4.07. The predicted octanol–water partition coefficient (Wildman–Crippen LogP) is 6.08. The summed E-state index contributed by atoms with van der Waals surface area (Å²) in [5.41, 5.74) is 1.57. The zero-order valence-corrected chi connectivity index (χ0v) is 12.2. The standard InChI is InChI=1S/C16H16S2/c1-10-8-15-16(17-10)13-9-12(6-7-14(13)18-15)11-4-2-3-5-11/h6-9,11H,2-5H2,1H3. The summed E-state index contributed by atoms with van der Waals surface area (Å²) in [6, 6.07) is 9.51. The summed E-state index contributed by atoms with van der Waals surface area (Å²) in [4.78, 5) is 1.43. The number of rotatable bonds is 1. The molecule has 2 heterocycles. The molecule has 0 atom stereocenters. The molecule has 1 aliphatic rings. The summed E-state index contributed by atoms with van der Waals surface area (Å²) >= 11 is 3.89. The zero-order valence-electron chi connectivity index (χ0n) is 10.5. The van der Waals surface area contributed by atoms with Crippen LogP contribution in [0.25, 0.3) is 19.5 Å². The molecule has 0 spiro atoms. The molecule has 0 aliphatic heterocycles. The second-order valence-corrected chi connectivity index (χ2v) is 7.73. The van der Waals surface area contributed by atoms with Crippen molar-refractivity contribution in [3.63, 3.8) is 0 Å². The van der Waals surface area contributed by atoms with Crippen molar-refractivity contribution in [3.8, 4) is 0 Å². The van der Waals surface area contributed by atoms with E-state index in [1.54, 1.807) is 5.56 Å². The van der Waals surface area contributed by atoms with E-state index >= 15 is 0 Å². The van der Waals surface area contributed by atoms with Gasteiger partial charge in [0.15, 0.2) is 0 Å². The molecule has 2 heteroatoms. The molecule has 1 saturated carbocycles. The van der Waals surface area contributed by atoms with Crippen LogP contribution in [0.5, 0.6) is 0 Å². The fourth-order valence-corrected chi connectivity index (χ4v) is 5.61. The van der Waals surface area contributed by atoms with E-state index in [4.69, 9.17) is 0 Å². The molecule has 0 amide bonds. The van der Waals surface area contributed by atoms with Gasteiger partial charge in [-0.15, -0.1) is 22.7 Å². The minimum atomic E-state index is 0.824. The Labute approximate surface area is 115 Å². The SMILES string of the molecule is Cc1cc2sc3ccc(C4CCCC4)cc3c2s1. The maximum Gasteiger partial charge on any atom is 0.0532 e. The fraction of sp³-hybridized carbons (Fsp3) is 0.375. The van der Waals surface area contributed by atoms with Gasteiger partial charge in [-0.25, -0.2) is 0 Å². The monoisotopic (exact) mass is 272 g/mol. The molecular formula is C16H16S2. The van der Waals surface area contributed by atoms with Crippen LogP contribution in [0.2, 0.25) is 0 Å². The summed E-state index contributed by atoms with van der Waals surface area (Å²) in [5, 5.41) is 1.50. The Morgan fingerprint density at radius 1 is 1.00 bits per heavy atom. The first kappa shape index (κ1) is 11.0. The minimum Gasteiger partial charge on any atom is -0.139 e. The number of fused-ring (bicyclic) bond motifs is 3. The molecule has 0 N–H and O–H groups in total. The van der Waals surface area contributed by atoms with E-state index in [2.05, 4.69) is 31.2 Å². The highest BCUT2D eigenvalue weighted by atomic mass is 32.1. The molecule has 0 bridgehead atoms. The van der Waals surface area contributed by atoms with E-state index in [9.17, 15) is 0 Å². The Morgan fingerprint density at radius 2 is 1.83 bits per heavy atom. The van der Waals surface area contributed by atoms with Gasteiger partial charge in [-0.3, -0.25) is 0 Å². The molecule has 2 aromatic heterocycles. The van der Waals surface area contributed by atoms with Crippen molar-refractivity contribution >= 4 is 42.2 Å². The topological polar surface area (TPSA) is 0 Å². The summed E-state index contributed by atoms with van der Waals surface area (Å²) < 4.78 is 4.43. The van der Waals surface area contributed by atoms with E-state index in [0.29, 0.717) is 0 Å². The van der Waals surface area contributed by atoms with Gasteiger partial charge in [0.25, 0.3) is 0 Å². The highest BCUT2D eigenvalue weighted by molar-refractivity contribution is 7.32. The third-order valence-corrected chi connectivity index (χ3v) is 6.45. The van der Waals surface area contributed by atoms with Gasteiger partial charge in [0.05, 0.1) is 4.70 Å². The van der Waals surface area contributed by atoms with Crippen molar-refractivity contribution < 1.29 is 0 Å². The van der Waals surface area contributed by atoms with E-state index in [-0.39, 0.29) is 0 Å². The average molecular weight is 272 g/mol. The van der Waals surface area contributed by atoms with Gasteiger partial charge in [-0.1, -0.05) is 18.9 Å². The highest BCUT2D eigenvalue weighted by Gasteiger charge is 2.18. The lowest BCUT2D eigenvalue weighted by Crippen LogP contribution is -1.90. The van der Waals surface area contributed by atoms with E-state index in [0.717, 1.165) is 5.92 Å². The number of hydrogen-bond donors (Lipinski definition) is 0. The van der Waals surface area contributed by atoms with Crippen LogP contribution in [0.3, 0.4) is 0 Å². The van der Waals surface area contributed by atoms with E-state index in [1.165, 1.54) is 50.0 Å². The number of aryl methyl sites for hydroxylation is 1. The Bertz CT molecular complexity index is 711. The molecule has 0 unspecified atom stereocenters. The molecule has 0 radical (unpaired) electrons. The van der Waals surface area contributed by atoms with E-state index in [1.807, 2.05) is 22.7 Å². The lowest BCUT2D eigenvalue weighted by Gasteiger charge is -2.09. The number of thiophene rings is 2. The van der Waals surface area contributed by atoms with Crippen LogP contribution in [-0.4, -0.2) is 0 Å². The van der Waals surface area contributed by atoms with Crippen LogP contribution in [0.1, 0.15) is 42.0 Å². The van der Waals surface area contributed by atoms with Crippen LogP contribution < -0.4 is 0 Å². The minimum absolute atomic E-state index is 0.824. The van der Waals surface area contributed by atoms with Crippen LogP contribution in [0.4, 0.5) is 0 Å². The van der Waals surface area contributed by atoms with Crippen molar-refractivity contribution in [2.24, 2.45) is 0 Å². The first-order valence-corrected chi connectivity index (χ1v) is 8.37. The summed E-state index contributed by atoms with van der Waals surface area (Å²) in [6.07, 6.45) is 5.62. The predicted molar refractivity (Wildman–Crippen MR) is 83.2 cm³/mol.